The number of thiophene rings is 1. The molecule has 0 spiro atoms. The fourth-order valence-corrected chi connectivity index (χ4v) is 3.33. The van der Waals surface area contributed by atoms with Crippen molar-refractivity contribution in [3.05, 3.63) is 51.7 Å². The Morgan fingerprint density at radius 2 is 2.26 bits per heavy atom. The molecule has 0 bridgehead atoms. The number of rotatable bonds is 4. The Bertz CT molecular complexity index is 539. The fourth-order valence-electron chi connectivity index (χ4n) is 2.58. The summed E-state index contributed by atoms with van der Waals surface area (Å²) in [7, 11) is 0. The number of hydrazine groups is 1. The first-order valence-corrected chi connectivity index (χ1v) is 7.49. The summed E-state index contributed by atoms with van der Waals surface area (Å²) in [5.74, 6) is 6.79. The number of aryl methyl sites for hydroxylation is 1. The molecule has 3 rings (SSSR count). The predicted molar refractivity (Wildman–Crippen MR) is 78.3 cm³/mol. The number of para-hydroxylation sites is 1. The molecule has 100 valence electrons. The Hall–Kier alpha value is -1.36. The van der Waals surface area contributed by atoms with Crippen molar-refractivity contribution in [2.45, 2.75) is 25.3 Å². The minimum Gasteiger partial charge on any atom is -0.493 e. The Morgan fingerprint density at radius 3 is 3.05 bits per heavy atom. The van der Waals surface area contributed by atoms with E-state index in [1.165, 1.54) is 16.0 Å². The number of fused-ring (bicyclic) bond motifs is 1. The monoisotopic (exact) mass is 274 g/mol. The van der Waals surface area contributed by atoms with Crippen LogP contribution in [0.3, 0.4) is 0 Å². The highest BCUT2D eigenvalue weighted by Crippen LogP contribution is 2.34. The maximum absolute atomic E-state index is 5.86. The van der Waals surface area contributed by atoms with Crippen molar-refractivity contribution < 1.29 is 4.74 Å². The van der Waals surface area contributed by atoms with Gasteiger partial charge in [-0.25, -0.2) is 0 Å². The summed E-state index contributed by atoms with van der Waals surface area (Å²) >= 11 is 1.76. The standard InChI is InChI=1S/C15H18N2OS/c16-17-14(10-12-6-3-9-19-12)13-7-1-4-11-5-2-8-18-15(11)13/h1,3-4,6-7,9,14,17H,2,5,8,10,16H2. The van der Waals surface area contributed by atoms with E-state index >= 15 is 0 Å². The second kappa shape index (κ2) is 5.74. The van der Waals surface area contributed by atoms with Crippen LogP contribution >= 0.6 is 11.3 Å². The zero-order chi connectivity index (χ0) is 13.1. The van der Waals surface area contributed by atoms with Crippen molar-refractivity contribution in [2.24, 2.45) is 5.84 Å². The molecule has 3 N–H and O–H groups in total. The average molecular weight is 274 g/mol. The third kappa shape index (κ3) is 2.66. The van der Waals surface area contributed by atoms with Gasteiger partial charge in [-0.05, 0) is 29.9 Å². The number of ether oxygens (including phenoxy) is 1. The number of hydrogen-bond acceptors (Lipinski definition) is 4. The van der Waals surface area contributed by atoms with Crippen LogP contribution in [-0.4, -0.2) is 6.61 Å². The lowest BCUT2D eigenvalue weighted by atomic mass is 9.96. The minimum absolute atomic E-state index is 0.103. The van der Waals surface area contributed by atoms with Crippen LogP contribution in [0.2, 0.25) is 0 Å². The molecule has 0 fully saturated rings. The van der Waals surface area contributed by atoms with Crippen LogP contribution in [0.25, 0.3) is 0 Å². The van der Waals surface area contributed by atoms with Crippen LogP contribution in [0.15, 0.2) is 35.7 Å². The van der Waals surface area contributed by atoms with Gasteiger partial charge in [-0.1, -0.05) is 24.3 Å². The highest BCUT2D eigenvalue weighted by molar-refractivity contribution is 7.09. The Labute approximate surface area is 117 Å². The smallest absolute Gasteiger partial charge is 0.127 e. The first-order valence-electron chi connectivity index (χ1n) is 6.61. The predicted octanol–water partition coefficient (Wildman–Crippen LogP) is 2.82. The van der Waals surface area contributed by atoms with Gasteiger partial charge in [0.05, 0.1) is 12.6 Å². The molecule has 1 aliphatic rings. The first-order chi connectivity index (χ1) is 9.38. The second-order valence-corrected chi connectivity index (χ2v) is 5.82. The maximum atomic E-state index is 5.86. The van der Waals surface area contributed by atoms with Gasteiger partial charge >= 0.3 is 0 Å². The van der Waals surface area contributed by atoms with Crippen molar-refractivity contribution in [1.29, 1.82) is 0 Å². The number of nitrogens with one attached hydrogen (secondary N) is 1. The van der Waals surface area contributed by atoms with Crippen LogP contribution < -0.4 is 16.0 Å². The Morgan fingerprint density at radius 1 is 1.32 bits per heavy atom. The molecule has 0 amide bonds. The lowest BCUT2D eigenvalue weighted by molar-refractivity contribution is 0.281. The van der Waals surface area contributed by atoms with E-state index < -0.39 is 0 Å². The van der Waals surface area contributed by atoms with E-state index in [1.54, 1.807) is 11.3 Å². The molecular formula is C15H18N2OS. The number of nitrogens with two attached hydrogens (primary N) is 1. The van der Waals surface area contributed by atoms with Gasteiger partial charge in [-0.3, -0.25) is 11.3 Å². The lowest BCUT2D eigenvalue weighted by Gasteiger charge is -2.24. The maximum Gasteiger partial charge on any atom is 0.127 e. The van der Waals surface area contributed by atoms with Crippen LogP contribution in [0, 0.1) is 0 Å². The van der Waals surface area contributed by atoms with Crippen LogP contribution in [0.4, 0.5) is 0 Å². The van der Waals surface area contributed by atoms with E-state index in [1.807, 2.05) is 0 Å². The first kappa shape index (κ1) is 12.7. The molecule has 3 nitrogen and oxygen atoms in total. The van der Waals surface area contributed by atoms with Gasteiger partial charge in [0, 0.05) is 16.9 Å². The zero-order valence-electron chi connectivity index (χ0n) is 10.8. The number of benzene rings is 1. The summed E-state index contributed by atoms with van der Waals surface area (Å²) in [4.78, 5) is 1.33. The van der Waals surface area contributed by atoms with E-state index in [0.717, 1.165) is 31.6 Å². The normalized spacial score (nSPS) is 15.6. The molecule has 0 saturated heterocycles. The van der Waals surface area contributed by atoms with E-state index in [0.29, 0.717) is 0 Å². The summed E-state index contributed by atoms with van der Waals surface area (Å²) in [5, 5.41) is 2.10. The molecule has 1 aromatic heterocycles. The van der Waals surface area contributed by atoms with Crippen molar-refractivity contribution in [1.82, 2.24) is 5.43 Å². The molecule has 0 aliphatic carbocycles. The third-order valence-corrected chi connectivity index (χ3v) is 4.42. The largest absolute Gasteiger partial charge is 0.493 e. The SMILES string of the molecule is NNC(Cc1cccs1)c1cccc2c1OCCC2. The summed E-state index contributed by atoms with van der Waals surface area (Å²) in [6.07, 6.45) is 3.09. The van der Waals surface area contributed by atoms with Gasteiger partial charge in [0.1, 0.15) is 5.75 Å². The average Bonchev–Trinajstić information content (AvgIpc) is 2.97. The summed E-state index contributed by atoms with van der Waals surface area (Å²) < 4.78 is 5.86. The topological polar surface area (TPSA) is 47.3 Å². The van der Waals surface area contributed by atoms with Crippen molar-refractivity contribution >= 4 is 11.3 Å². The summed E-state index contributed by atoms with van der Waals surface area (Å²) in [6, 6.07) is 10.7. The van der Waals surface area contributed by atoms with Crippen molar-refractivity contribution in [3.63, 3.8) is 0 Å². The Balaban J connectivity index is 1.90. The summed E-state index contributed by atoms with van der Waals surface area (Å²) in [5.41, 5.74) is 5.41. The van der Waals surface area contributed by atoms with Crippen molar-refractivity contribution in [2.75, 3.05) is 6.61 Å². The highest BCUT2D eigenvalue weighted by atomic mass is 32.1. The van der Waals surface area contributed by atoms with Gasteiger partial charge in [0.15, 0.2) is 0 Å². The fraction of sp³-hybridized carbons (Fsp3) is 0.333. The van der Waals surface area contributed by atoms with Crippen LogP contribution in [0.5, 0.6) is 5.75 Å². The minimum atomic E-state index is 0.103. The zero-order valence-corrected chi connectivity index (χ0v) is 11.6. The molecule has 1 atom stereocenters. The van der Waals surface area contributed by atoms with E-state index in [2.05, 4.69) is 41.1 Å². The highest BCUT2D eigenvalue weighted by Gasteiger charge is 2.20. The van der Waals surface area contributed by atoms with Crippen LogP contribution in [-0.2, 0) is 12.8 Å². The van der Waals surface area contributed by atoms with Gasteiger partial charge in [0.2, 0.25) is 0 Å². The van der Waals surface area contributed by atoms with Gasteiger partial charge < -0.3 is 4.74 Å². The molecule has 0 radical (unpaired) electrons. The van der Waals surface area contributed by atoms with Gasteiger partial charge in [-0.2, -0.15) is 0 Å². The molecular weight excluding hydrogens is 256 g/mol. The molecule has 2 aromatic rings. The van der Waals surface area contributed by atoms with Crippen molar-refractivity contribution in [3.8, 4) is 5.75 Å². The molecule has 1 aromatic carbocycles. The molecule has 4 heteroatoms. The van der Waals surface area contributed by atoms with E-state index in [9.17, 15) is 0 Å². The van der Waals surface area contributed by atoms with Crippen LogP contribution in [0.1, 0.15) is 28.5 Å². The molecule has 2 heterocycles. The van der Waals surface area contributed by atoms with E-state index in [4.69, 9.17) is 10.6 Å². The number of hydrogen-bond donors (Lipinski definition) is 2. The molecule has 0 saturated carbocycles. The second-order valence-electron chi connectivity index (χ2n) is 4.79. The van der Waals surface area contributed by atoms with E-state index in [-0.39, 0.29) is 6.04 Å². The molecule has 19 heavy (non-hydrogen) atoms. The lowest BCUT2D eigenvalue weighted by Crippen LogP contribution is -2.30. The van der Waals surface area contributed by atoms with Gasteiger partial charge in [0.25, 0.3) is 0 Å². The molecule has 1 aliphatic heterocycles. The quantitative estimate of drug-likeness (QED) is 0.666. The summed E-state index contributed by atoms with van der Waals surface area (Å²) in [6.45, 7) is 0.806. The third-order valence-electron chi connectivity index (χ3n) is 3.53. The van der Waals surface area contributed by atoms with Gasteiger partial charge in [-0.15, -0.1) is 11.3 Å². The molecule has 1 unspecified atom stereocenters. The Kier molecular flexibility index (Phi) is 3.82.